The molecule has 2 fully saturated rings. The molecule has 0 aliphatic carbocycles. The third-order valence-electron chi connectivity index (χ3n) is 4.37. The molecule has 3 rings (SSSR count). The second kappa shape index (κ2) is 6.20. The van der Waals surface area contributed by atoms with Crippen molar-refractivity contribution in [2.75, 3.05) is 26.2 Å². The maximum atomic E-state index is 12.6. The lowest BCUT2D eigenvalue weighted by Crippen LogP contribution is -2.41. The minimum Gasteiger partial charge on any atom is -0.299 e. The molecule has 0 aromatic carbocycles. The Bertz CT molecular complexity index is 585. The van der Waals surface area contributed by atoms with Crippen molar-refractivity contribution in [2.45, 2.75) is 36.6 Å². The van der Waals surface area contributed by atoms with Gasteiger partial charge < -0.3 is 0 Å². The molecule has 1 unspecified atom stereocenters. The molecule has 0 N–H and O–H groups in total. The molecule has 1 aromatic heterocycles. The summed E-state index contributed by atoms with van der Waals surface area (Å²) in [6, 6.07) is 3.41. The van der Waals surface area contributed by atoms with Gasteiger partial charge in [0.25, 0.3) is 0 Å². The van der Waals surface area contributed by atoms with E-state index in [0.717, 1.165) is 19.5 Å². The van der Waals surface area contributed by atoms with E-state index < -0.39 is 10.0 Å². The molecule has 1 aromatic rings. The number of pyridine rings is 1. The highest BCUT2D eigenvalue weighted by atomic mass is 35.5. The van der Waals surface area contributed by atoms with E-state index in [4.69, 9.17) is 11.6 Å². The molecule has 0 spiro atoms. The molecule has 2 saturated heterocycles. The van der Waals surface area contributed by atoms with Gasteiger partial charge in [0, 0.05) is 25.3 Å². The maximum Gasteiger partial charge on any atom is 0.244 e. The average Bonchev–Trinajstić information content (AvgIpc) is 2.99. The van der Waals surface area contributed by atoms with E-state index >= 15 is 0 Å². The molecule has 1 atom stereocenters. The Kier molecular flexibility index (Phi) is 4.49. The van der Waals surface area contributed by atoms with Crippen LogP contribution in [0.5, 0.6) is 0 Å². The van der Waals surface area contributed by atoms with Crippen LogP contribution in [-0.2, 0) is 10.0 Å². The van der Waals surface area contributed by atoms with E-state index in [1.54, 1.807) is 4.31 Å². The highest BCUT2D eigenvalue weighted by Crippen LogP contribution is 2.25. The summed E-state index contributed by atoms with van der Waals surface area (Å²) >= 11 is 5.72. The molecular formula is C14H20ClN3O2S. The molecule has 0 saturated carbocycles. The van der Waals surface area contributed by atoms with Gasteiger partial charge in [0.15, 0.2) is 0 Å². The number of piperidine rings is 1. The predicted octanol–water partition coefficient (Wildman–Crippen LogP) is 1.98. The van der Waals surface area contributed by atoms with Crippen LogP contribution in [0.25, 0.3) is 0 Å². The number of halogens is 1. The lowest BCUT2D eigenvalue weighted by atomic mass is 10.1. The van der Waals surface area contributed by atoms with Gasteiger partial charge in [-0.05, 0) is 44.5 Å². The monoisotopic (exact) mass is 329 g/mol. The van der Waals surface area contributed by atoms with Crippen molar-refractivity contribution in [1.29, 1.82) is 0 Å². The van der Waals surface area contributed by atoms with Gasteiger partial charge in [-0.25, -0.2) is 13.4 Å². The molecule has 0 amide bonds. The minimum atomic E-state index is -3.44. The quantitative estimate of drug-likeness (QED) is 0.796. The zero-order valence-electron chi connectivity index (χ0n) is 11.9. The third kappa shape index (κ3) is 3.23. The first-order valence-electron chi connectivity index (χ1n) is 7.43. The lowest BCUT2D eigenvalue weighted by molar-refractivity contribution is 0.169. The standard InChI is InChI=1S/C14H20ClN3O2S/c15-14-5-4-13(10-16-14)21(19,20)18-9-6-12(11-18)17-7-2-1-3-8-17/h4-5,10,12H,1-3,6-9,11H2. The molecule has 21 heavy (non-hydrogen) atoms. The Labute approximate surface area is 131 Å². The van der Waals surface area contributed by atoms with Crippen molar-refractivity contribution in [3.05, 3.63) is 23.5 Å². The Hall–Kier alpha value is -0.690. The maximum absolute atomic E-state index is 12.6. The molecule has 116 valence electrons. The summed E-state index contributed by atoms with van der Waals surface area (Å²) in [5.74, 6) is 0. The van der Waals surface area contributed by atoms with Crippen LogP contribution in [0.15, 0.2) is 23.2 Å². The summed E-state index contributed by atoms with van der Waals surface area (Å²) < 4.78 is 26.8. The van der Waals surface area contributed by atoms with Crippen molar-refractivity contribution in [2.24, 2.45) is 0 Å². The van der Waals surface area contributed by atoms with Crippen molar-refractivity contribution in [3.8, 4) is 0 Å². The van der Waals surface area contributed by atoms with Crippen molar-refractivity contribution in [3.63, 3.8) is 0 Å². The number of hydrogen-bond acceptors (Lipinski definition) is 4. The zero-order valence-corrected chi connectivity index (χ0v) is 13.5. The normalized spacial score (nSPS) is 25.3. The van der Waals surface area contributed by atoms with E-state index in [9.17, 15) is 8.42 Å². The summed E-state index contributed by atoms with van der Waals surface area (Å²) in [5.41, 5.74) is 0. The van der Waals surface area contributed by atoms with Crippen LogP contribution in [0, 0.1) is 0 Å². The first kappa shape index (κ1) is 15.2. The van der Waals surface area contributed by atoms with Gasteiger partial charge in [-0.2, -0.15) is 4.31 Å². The summed E-state index contributed by atoms with van der Waals surface area (Å²) in [6.45, 7) is 3.37. The molecule has 7 heteroatoms. The first-order chi connectivity index (χ1) is 10.1. The van der Waals surface area contributed by atoms with Crippen LogP contribution in [0.3, 0.4) is 0 Å². The fourth-order valence-electron chi connectivity index (χ4n) is 3.17. The van der Waals surface area contributed by atoms with E-state index in [0.29, 0.717) is 24.3 Å². The van der Waals surface area contributed by atoms with Crippen LogP contribution < -0.4 is 0 Å². The van der Waals surface area contributed by atoms with Gasteiger partial charge in [0.1, 0.15) is 10.0 Å². The molecule has 0 radical (unpaired) electrons. The van der Waals surface area contributed by atoms with Gasteiger partial charge in [-0.1, -0.05) is 18.0 Å². The number of sulfonamides is 1. The van der Waals surface area contributed by atoms with Gasteiger partial charge >= 0.3 is 0 Å². The van der Waals surface area contributed by atoms with Gasteiger partial charge in [-0.3, -0.25) is 4.90 Å². The number of rotatable bonds is 3. The lowest BCUT2D eigenvalue weighted by Gasteiger charge is -2.32. The fraction of sp³-hybridized carbons (Fsp3) is 0.643. The van der Waals surface area contributed by atoms with Crippen molar-refractivity contribution in [1.82, 2.24) is 14.2 Å². The topological polar surface area (TPSA) is 53.5 Å². The largest absolute Gasteiger partial charge is 0.299 e. The molecule has 5 nitrogen and oxygen atoms in total. The SMILES string of the molecule is O=S(=O)(c1ccc(Cl)nc1)N1CCC(N2CCCCC2)C1. The second-order valence-electron chi connectivity index (χ2n) is 5.72. The van der Waals surface area contributed by atoms with Crippen molar-refractivity contribution < 1.29 is 8.42 Å². The Morgan fingerprint density at radius 1 is 1.14 bits per heavy atom. The molecule has 0 bridgehead atoms. The van der Waals surface area contributed by atoms with E-state index in [-0.39, 0.29) is 4.90 Å². The van der Waals surface area contributed by atoms with Crippen LogP contribution in [0.2, 0.25) is 5.15 Å². The van der Waals surface area contributed by atoms with Crippen LogP contribution in [0.1, 0.15) is 25.7 Å². The summed E-state index contributed by atoms with van der Waals surface area (Å²) in [7, 11) is -3.44. The van der Waals surface area contributed by atoms with Gasteiger partial charge in [0.2, 0.25) is 10.0 Å². The zero-order chi connectivity index (χ0) is 14.9. The molecule has 3 heterocycles. The minimum absolute atomic E-state index is 0.228. The van der Waals surface area contributed by atoms with E-state index in [1.165, 1.54) is 37.6 Å². The highest BCUT2D eigenvalue weighted by Gasteiger charge is 2.35. The predicted molar refractivity (Wildman–Crippen MR) is 81.8 cm³/mol. The Morgan fingerprint density at radius 2 is 1.90 bits per heavy atom. The number of aromatic nitrogens is 1. The van der Waals surface area contributed by atoms with Gasteiger partial charge in [-0.15, -0.1) is 0 Å². The molecule has 2 aliphatic heterocycles. The number of nitrogens with zero attached hydrogens (tertiary/aromatic N) is 3. The summed E-state index contributed by atoms with van der Waals surface area (Å²) in [5, 5.41) is 0.307. The van der Waals surface area contributed by atoms with Crippen LogP contribution >= 0.6 is 11.6 Å². The Morgan fingerprint density at radius 3 is 2.57 bits per heavy atom. The van der Waals surface area contributed by atoms with Crippen molar-refractivity contribution >= 4 is 21.6 Å². The van der Waals surface area contributed by atoms with Gasteiger partial charge in [0.05, 0.1) is 0 Å². The van der Waals surface area contributed by atoms with E-state index in [2.05, 4.69) is 9.88 Å². The van der Waals surface area contributed by atoms with Crippen LogP contribution in [0.4, 0.5) is 0 Å². The first-order valence-corrected chi connectivity index (χ1v) is 9.25. The van der Waals surface area contributed by atoms with Crippen LogP contribution in [-0.4, -0.2) is 54.8 Å². The Balaban J connectivity index is 1.71. The summed E-state index contributed by atoms with van der Waals surface area (Å²) in [4.78, 5) is 6.55. The second-order valence-corrected chi connectivity index (χ2v) is 8.04. The average molecular weight is 330 g/mol. The fourth-order valence-corrected chi connectivity index (χ4v) is 4.72. The summed E-state index contributed by atoms with van der Waals surface area (Å²) in [6.07, 6.45) is 6.00. The molecule has 2 aliphatic rings. The smallest absolute Gasteiger partial charge is 0.244 e. The number of hydrogen-bond donors (Lipinski definition) is 0. The highest BCUT2D eigenvalue weighted by molar-refractivity contribution is 7.89. The molecular weight excluding hydrogens is 310 g/mol. The van der Waals surface area contributed by atoms with E-state index in [1.807, 2.05) is 0 Å². The number of likely N-dealkylation sites (tertiary alicyclic amines) is 1. The third-order valence-corrected chi connectivity index (χ3v) is 6.44.